The van der Waals surface area contributed by atoms with E-state index in [1.165, 1.54) is 0 Å². The average Bonchev–Trinajstić information content (AvgIpc) is 3.24. The van der Waals surface area contributed by atoms with Crippen LogP contribution in [-0.4, -0.2) is 71.4 Å². The van der Waals surface area contributed by atoms with Crippen molar-refractivity contribution < 1.29 is 19.1 Å². The van der Waals surface area contributed by atoms with Gasteiger partial charge in [-0.2, -0.15) is 0 Å². The quantitative estimate of drug-likeness (QED) is 0.721. The van der Waals surface area contributed by atoms with Gasteiger partial charge in [0, 0.05) is 19.1 Å². The predicted molar refractivity (Wildman–Crippen MR) is 89.4 cm³/mol. The molecule has 7 heteroatoms. The zero-order valence-corrected chi connectivity index (χ0v) is 14.7. The van der Waals surface area contributed by atoms with E-state index in [-0.39, 0.29) is 36.4 Å². The number of amides is 3. The van der Waals surface area contributed by atoms with Gasteiger partial charge in [0.25, 0.3) is 0 Å². The largest absolute Gasteiger partial charge is 0.360 e. The number of likely N-dealkylation sites (tertiary alicyclic amines) is 1. The minimum Gasteiger partial charge on any atom is -0.360 e. The van der Waals surface area contributed by atoms with Crippen molar-refractivity contribution in [2.75, 3.05) is 26.2 Å². The van der Waals surface area contributed by atoms with Crippen molar-refractivity contribution in [2.24, 2.45) is 11.8 Å². The van der Waals surface area contributed by atoms with Crippen molar-refractivity contribution in [3.63, 3.8) is 0 Å². The molecule has 7 nitrogen and oxygen atoms in total. The van der Waals surface area contributed by atoms with Gasteiger partial charge in [-0.3, -0.25) is 14.4 Å². The van der Waals surface area contributed by atoms with Crippen LogP contribution in [0.1, 0.15) is 26.7 Å². The smallest absolute Gasteiger partial charge is 0.239 e. The third-order valence-electron chi connectivity index (χ3n) is 6.15. The van der Waals surface area contributed by atoms with Crippen molar-refractivity contribution in [3.8, 4) is 0 Å². The van der Waals surface area contributed by atoms with Gasteiger partial charge in [-0.25, -0.2) is 0 Å². The van der Waals surface area contributed by atoms with Gasteiger partial charge in [-0.05, 0) is 12.8 Å². The number of piperazine rings is 1. The lowest BCUT2D eigenvalue weighted by Gasteiger charge is -2.32. The summed E-state index contributed by atoms with van der Waals surface area (Å²) in [6.45, 7) is 5.70. The molecule has 0 saturated carbocycles. The lowest BCUT2D eigenvalue weighted by Crippen LogP contribution is -2.54. The molecule has 3 amide bonds. The molecular weight excluding hydrogens is 322 g/mol. The molecule has 1 spiro atoms. The summed E-state index contributed by atoms with van der Waals surface area (Å²) >= 11 is 0. The highest BCUT2D eigenvalue weighted by Crippen LogP contribution is 2.52. The molecule has 4 atom stereocenters. The van der Waals surface area contributed by atoms with Gasteiger partial charge in [-0.15, -0.1) is 0 Å². The number of ether oxygens (including phenoxy) is 1. The van der Waals surface area contributed by atoms with Crippen molar-refractivity contribution in [1.29, 1.82) is 0 Å². The Kier molecular flexibility index (Phi) is 3.86. The van der Waals surface area contributed by atoms with Crippen LogP contribution in [0.25, 0.3) is 0 Å². The van der Waals surface area contributed by atoms with Gasteiger partial charge in [0.05, 0.1) is 31.0 Å². The Labute approximate surface area is 147 Å². The van der Waals surface area contributed by atoms with Crippen molar-refractivity contribution in [3.05, 3.63) is 12.2 Å². The first kappa shape index (κ1) is 16.6. The lowest BCUT2D eigenvalue weighted by atomic mass is 9.76. The summed E-state index contributed by atoms with van der Waals surface area (Å²) in [6, 6.07) is 0.181. The Hall–Kier alpha value is -1.89. The van der Waals surface area contributed by atoms with E-state index >= 15 is 0 Å². The topological polar surface area (TPSA) is 79.0 Å². The molecule has 0 aromatic heterocycles. The molecule has 4 heterocycles. The van der Waals surface area contributed by atoms with Crippen LogP contribution < -0.4 is 5.32 Å². The fraction of sp³-hybridized carbons (Fsp3) is 0.722. The van der Waals surface area contributed by atoms with E-state index < -0.39 is 17.4 Å². The summed E-state index contributed by atoms with van der Waals surface area (Å²) in [5.41, 5.74) is -0.664. The molecule has 2 bridgehead atoms. The highest BCUT2D eigenvalue weighted by Gasteiger charge is 2.67. The molecule has 0 radical (unpaired) electrons. The van der Waals surface area contributed by atoms with Crippen LogP contribution in [-0.2, 0) is 19.1 Å². The molecule has 4 aliphatic rings. The second-order valence-corrected chi connectivity index (χ2v) is 7.45. The normalized spacial score (nSPS) is 36.4. The van der Waals surface area contributed by atoms with Gasteiger partial charge < -0.3 is 19.9 Å². The molecular formula is C18H25N3O4. The molecule has 0 aromatic rings. The predicted octanol–water partition coefficient (Wildman–Crippen LogP) is -0.0846. The van der Waals surface area contributed by atoms with Crippen molar-refractivity contribution in [1.82, 2.24) is 15.1 Å². The Balaban J connectivity index is 1.61. The van der Waals surface area contributed by atoms with Gasteiger partial charge in [0.1, 0.15) is 5.60 Å². The monoisotopic (exact) mass is 347 g/mol. The van der Waals surface area contributed by atoms with Crippen molar-refractivity contribution in [2.45, 2.75) is 44.4 Å². The van der Waals surface area contributed by atoms with E-state index in [4.69, 9.17) is 4.74 Å². The van der Waals surface area contributed by atoms with Crippen LogP contribution in [0.4, 0.5) is 0 Å². The molecule has 4 aliphatic heterocycles. The number of rotatable bonds is 4. The van der Waals surface area contributed by atoms with E-state index in [0.29, 0.717) is 19.6 Å². The number of nitrogens with zero attached hydrogens (tertiary/aromatic N) is 2. The maximum absolute atomic E-state index is 13.2. The highest BCUT2D eigenvalue weighted by atomic mass is 16.5. The summed E-state index contributed by atoms with van der Waals surface area (Å²) < 4.78 is 6.15. The van der Waals surface area contributed by atoms with E-state index in [1.54, 1.807) is 4.90 Å². The highest BCUT2D eigenvalue weighted by molar-refractivity contribution is 5.94. The zero-order chi connectivity index (χ0) is 17.8. The molecule has 136 valence electrons. The van der Waals surface area contributed by atoms with E-state index in [1.807, 2.05) is 17.1 Å². The van der Waals surface area contributed by atoms with E-state index in [2.05, 4.69) is 19.2 Å². The molecule has 4 rings (SSSR count). The Morgan fingerprint density at radius 1 is 1.40 bits per heavy atom. The van der Waals surface area contributed by atoms with Crippen molar-refractivity contribution >= 4 is 17.7 Å². The summed E-state index contributed by atoms with van der Waals surface area (Å²) in [5, 5.41) is 2.73. The van der Waals surface area contributed by atoms with Gasteiger partial charge in [-0.1, -0.05) is 26.0 Å². The fourth-order valence-electron chi connectivity index (χ4n) is 4.89. The number of nitrogens with one attached hydrogen (secondary N) is 1. The minimum absolute atomic E-state index is 0.0281. The Morgan fingerprint density at radius 3 is 2.84 bits per heavy atom. The number of hydrogen-bond acceptors (Lipinski definition) is 4. The van der Waals surface area contributed by atoms with Crippen LogP contribution >= 0.6 is 0 Å². The molecule has 0 aliphatic carbocycles. The summed E-state index contributed by atoms with van der Waals surface area (Å²) in [4.78, 5) is 41.4. The second-order valence-electron chi connectivity index (χ2n) is 7.45. The van der Waals surface area contributed by atoms with E-state index in [9.17, 15) is 14.4 Å². The number of fused-ring (bicyclic) bond motifs is 1. The van der Waals surface area contributed by atoms with Crippen LogP contribution in [0.15, 0.2) is 12.2 Å². The first-order chi connectivity index (χ1) is 12.0. The zero-order valence-electron chi connectivity index (χ0n) is 14.7. The number of carbonyl (C=O) groups excluding carboxylic acids is 3. The molecule has 0 unspecified atom stereocenters. The number of hydrogen-bond donors (Lipinski definition) is 1. The molecule has 25 heavy (non-hydrogen) atoms. The maximum Gasteiger partial charge on any atom is 0.239 e. The molecule has 1 N–H and O–H groups in total. The van der Waals surface area contributed by atoms with Crippen LogP contribution in [0.5, 0.6) is 0 Å². The third-order valence-corrected chi connectivity index (χ3v) is 6.15. The van der Waals surface area contributed by atoms with Gasteiger partial charge in [0.15, 0.2) is 0 Å². The molecule has 3 saturated heterocycles. The minimum atomic E-state index is -0.664. The molecule has 0 aromatic carbocycles. The Morgan fingerprint density at radius 2 is 2.16 bits per heavy atom. The summed E-state index contributed by atoms with van der Waals surface area (Å²) in [5.74, 6) is -1.22. The van der Waals surface area contributed by atoms with Crippen LogP contribution in [0.3, 0.4) is 0 Å². The maximum atomic E-state index is 13.2. The van der Waals surface area contributed by atoms with Crippen LogP contribution in [0, 0.1) is 11.8 Å². The SMILES string of the molecule is CCC(CC)N1C[C@]23C=C[C@H](O2)[C@@H](C(=O)N2CCNC(=O)C2)[C@H]3C1=O. The molecule has 3 fully saturated rings. The Bertz CT molecular complexity index is 644. The van der Waals surface area contributed by atoms with Gasteiger partial charge in [0.2, 0.25) is 17.7 Å². The summed E-state index contributed by atoms with van der Waals surface area (Å²) in [6.07, 6.45) is 5.34. The third kappa shape index (κ3) is 2.32. The van der Waals surface area contributed by atoms with Crippen LogP contribution in [0.2, 0.25) is 0 Å². The first-order valence-corrected chi connectivity index (χ1v) is 9.24. The van der Waals surface area contributed by atoms with Gasteiger partial charge >= 0.3 is 0 Å². The first-order valence-electron chi connectivity index (χ1n) is 9.24. The average molecular weight is 347 g/mol. The standard InChI is InChI=1S/C18H25N3O4/c1-3-11(4-2)21-10-18-6-5-12(25-18)14(15(18)17(21)24)16(23)20-8-7-19-13(22)9-20/h5-6,11-12,14-15H,3-4,7-10H2,1-2H3,(H,19,22)/t12-,14+,15-,18-/m0/s1. The number of carbonyl (C=O) groups is 3. The lowest BCUT2D eigenvalue weighted by molar-refractivity contribution is -0.146. The van der Waals surface area contributed by atoms with E-state index in [0.717, 1.165) is 12.8 Å². The fourth-order valence-corrected chi connectivity index (χ4v) is 4.89. The summed E-state index contributed by atoms with van der Waals surface area (Å²) in [7, 11) is 0. The second kappa shape index (κ2) is 5.83.